The van der Waals surface area contributed by atoms with Crippen LogP contribution < -0.4 is 10.6 Å². The Morgan fingerprint density at radius 1 is 1.13 bits per heavy atom. The maximum atomic E-state index is 13.9. The predicted octanol–water partition coefficient (Wildman–Crippen LogP) is 6.50. The van der Waals surface area contributed by atoms with E-state index in [-0.39, 0.29) is 22.5 Å². The van der Waals surface area contributed by atoms with Crippen LogP contribution in [-0.2, 0) is 17.9 Å². The average Bonchev–Trinajstić information content (AvgIpc) is 3.70. The molecule has 3 heterocycles. The first-order valence-electron chi connectivity index (χ1n) is 14.1. The van der Waals surface area contributed by atoms with E-state index in [2.05, 4.69) is 32.0 Å². The van der Waals surface area contributed by atoms with Gasteiger partial charge in [-0.1, -0.05) is 46.6 Å². The van der Waals surface area contributed by atoms with Crippen molar-refractivity contribution in [3.05, 3.63) is 105 Å². The molecule has 0 unspecified atom stereocenters. The molecule has 0 spiro atoms. The lowest BCUT2D eigenvalue weighted by Crippen LogP contribution is -2.28. The lowest BCUT2D eigenvalue weighted by molar-refractivity contribution is -0.134. The third-order valence-electron chi connectivity index (χ3n) is 7.72. The van der Waals surface area contributed by atoms with Crippen LogP contribution in [-0.4, -0.2) is 42.5 Å². The molecule has 45 heavy (non-hydrogen) atoms. The smallest absolute Gasteiger partial charge is 0.248 e. The third kappa shape index (κ3) is 5.88. The molecule has 1 atom stereocenters. The van der Waals surface area contributed by atoms with E-state index in [0.717, 1.165) is 16.7 Å². The van der Waals surface area contributed by atoms with Crippen molar-refractivity contribution >= 4 is 57.1 Å². The summed E-state index contributed by atoms with van der Waals surface area (Å²) in [5.41, 5.74) is 5.67. The average molecular weight is 646 g/mol. The molecule has 1 amide bonds. The number of nitrogens with one attached hydrogen (secondary N) is 2. The van der Waals surface area contributed by atoms with Gasteiger partial charge in [0, 0.05) is 42.1 Å². The zero-order valence-electron chi connectivity index (χ0n) is 24.2. The summed E-state index contributed by atoms with van der Waals surface area (Å²) < 4.78 is 15.6. The monoisotopic (exact) mass is 644 g/mol. The van der Waals surface area contributed by atoms with Crippen LogP contribution in [0, 0.1) is 17.1 Å². The summed E-state index contributed by atoms with van der Waals surface area (Å²) in [4.78, 5) is 18.4. The quantitative estimate of drug-likeness (QED) is 0.174. The number of aliphatic hydroxyl groups is 1. The highest BCUT2D eigenvalue weighted by molar-refractivity contribution is 6.36. The minimum atomic E-state index is -0.567. The van der Waals surface area contributed by atoms with E-state index in [1.54, 1.807) is 15.6 Å². The van der Waals surface area contributed by atoms with Gasteiger partial charge in [0.05, 0.1) is 39.1 Å². The Morgan fingerprint density at radius 2 is 1.93 bits per heavy atom. The van der Waals surface area contributed by atoms with Crippen molar-refractivity contribution in [1.82, 2.24) is 24.9 Å². The first kappa shape index (κ1) is 30.3. The molecule has 0 saturated carbocycles. The van der Waals surface area contributed by atoms with Gasteiger partial charge in [-0.25, -0.2) is 9.07 Å². The standard InChI is InChI=1S/C32H27Cl2FN8O2/c1-17(2)43-15-28(40-41-43)32(22-5-3-4-18-13-42(14-24(18)22)29(45)16-44)39-21-8-23-30(38-20-6-7-27(35)25(33)9-20)19(11-36)12-37-31(23)26(34)10-21/h3-10,12,15,17,32,39,44H,13-14,16H2,1-2H3,(H,37,38)/t32-/m0/s1. The molecule has 1 aliphatic heterocycles. The van der Waals surface area contributed by atoms with Crippen LogP contribution in [0.5, 0.6) is 0 Å². The summed E-state index contributed by atoms with van der Waals surface area (Å²) in [5, 5.41) is 35.8. The third-order valence-corrected chi connectivity index (χ3v) is 8.29. The molecule has 0 aliphatic carbocycles. The molecule has 0 fully saturated rings. The predicted molar refractivity (Wildman–Crippen MR) is 170 cm³/mol. The number of pyridine rings is 1. The summed E-state index contributed by atoms with van der Waals surface area (Å²) in [7, 11) is 0. The zero-order chi connectivity index (χ0) is 31.8. The van der Waals surface area contributed by atoms with Crippen LogP contribution in [0.2, 0.25) is 10.0 Å². The molecule has 0 saturated heterocycles. The van der Waals surface area contributed by atoms with Gasteiger partial charge >= 0.3 is 0 Å². The number of amides is 1. The van der Waals surface area contributed by atoms with Crippen LogP contribution in [0.3, 0.4) is 0 Å². The van der Waals surface area contributed by atoms with Gasteiger partial charge in [-0.2, -0.15) is 5.26 Å². The number of carbonyl (C=O) groups is 1. The molecular formula is C32H27Cl2FN8O2. The Labute approximate surface area is 268 Å². The highest BCUT2D eigenvalue weighted by Gasteiger charge is 2.30. The minimum Gasteiger partial charge on any atom is -0.387 e. The number of nitrogens with zero attached hydrogens (tertiary/aromatic N) is 6. The molecule has 228 valence electrons. The molecule has 2 aromatic heterocycles. The number of carbonyl (C=O) groups excluding carboxylic acids is 1. The van der Waals surface area contributed by atoms with Crippen molar-refractivity contribution in [3.8, 4) is 6.07 Å². The van der Waals surface area contributed by atoms with Crippen LogP contribution in [0.25, 0.3) is 10.9 Å². The van der Waals surface area contributed by atoms with Crippen molar-refractivity contribution in [2.24, 2.45) is 0 Å². The van der Waals surface area contributed by atoms with Gasteiger partial charge in [0.2, 0.25) is 5.91 Å². The van der Waals surface area contributed by atoms with Crippen LogP contribution >= 0.6 is 23.2 Å². The Hall–Kier alpha value is -4.76. The minimum absolute atomic E-state index is 0.0656. The Balaban J connectivity index is 1.46. The molecule has 10 nitrogen and oxygen atoms in total. The number of nitriles is 1. The summed E-state index contributed by atoms with van der Waals surface area (Å²) in [6.07, 6.45) is 3.30. The zero-order valence-corrected chi connectivity index (χ0v) is 25.7. The molecular weight excluding hydrogens is 618 g/mol. The van der Waals surface area contributed by atoms with Crippen molar-refractivity contribution in [2.75, 3.05) is 17.2 Å². The van der Waals surface area contributed by atoms with E-state index in [0.29, 0.717) is 51.8 Å². The van der Waals surface area contributed by atoms with E-state index >= 15 is 0 Å². The molecule has 3 aromatic carbocycles. The topological polar surface area (TPSA) is 132 Å². The van der Waals surface area contributed by atoms with E-state index < -0.39 is 18.5 Å². The number of halogens is 3. The lowest BCUT2D eigenvalue weighted by Gasteiger charge is -2.22. The summed E-state index contributed by atoms with van der Waals surface area (Å²) in [6.45, 7) is 4.17. The van der Waals surface area contributed by atoms with Crippen molar-refractivity contribution in [3.63, 3.8) is 0 Å². The maximum Gasteiger partial charge on any atom is 0.248 e. The highest BCUT2D eigenvalue weighted by Crippen LogP contribution is 2.39. The fourth-order valence-corrected chi connectivity index (χ4v) is 5.88. The van der Waals surface area contributed by atoms with Crippen molar-refractivity contribution < 1.29 is 14.3 Å². The molecule has 1 aliphatic rings. The first-order valence-corrected chi connectivity index (χ1v) is 14.8. The maximum absolute atomic E-state index is 13.9. The van der Waals surface area contributed by atoms with Gasteiger partial charge in [0.25, 0.3) is 0 Å². The molecule has 5 aromatic rings. The van der Waals surface area contributed by atoms with Gasteiger partial charge in [-0.3, -0.25) is 9.78 Å². The number of fused-ring (bicyclic) bond motifs is 2. The second-order valence-corrected chi connectivity index (χ2v) is 11.8. The van der Waals surface area contributed by atoms with Crippen LogP contribution in [0.15, 0.2) is 60.9 Å². The highest BCUT2D eigenvalue weighted by atomic mass is 35.5. The van der Waals surface area contributed by atoms with Gasteiger partial charge in [-0.05, 0) is 60.9 Å². The lowest BCUT2D eigenvalue weighted by atomic mass is 9.95. The van der Waals surface area contributed by atoms with E-state index in [9.17, 15) is 19.6 Å². The van der Waals surface area contributed by atoms with Crippen molar-refractivity contribution in [1.29, 1.82) is 5.26 Å². The SMILES string of the molecule is CC(C)n1cc([C@@H](Nc2cc(Cl)c3ncc(C#N)c(Nc4ccc(F)c(Cl)c4)c3c2)c2cccc3c2CN(C(=O)CO)C3)nn1. The summed E-state index contributed by atoms with van der Waals surface area (Å²) >= 11 is 12.8. The van der Waals surface area contributed by atoms with Gasteiger partial charge < -0.3 is 20.6 Å². The molecule has 0 bridgehead atoms. The van der Waals surface area contributed by atoms with E-state index in [1.807, 2.05) is 44.3 Å². The Kier molecular flexibility index (Phi) is 8.29. The van der Waals surface area contributed by atoms with Gasteiger partial charge in [0.15, 0.2) is 0 Å². The number of aromatic nitrogens is 4. The normalized spacial score (nSPS) is 13.2. The number of benzene rings is 3. The van der Waals surface area contributed by atoms with E-state index in [1.165, 1.54) is 24.4 Å². The summed E-state index contributed by atoms with van der Waals surface area (Å²) in [5.74, 6) is -0.912. The Morgan fingerprint density at radius 3 is 2.64 bits per heavy atom. The van der Waals surface area contributed by atoms with Crippen molar-refractivity contribution in [2.45, 2.75) is 39.0 Å². The second-order valence-electron chi connectivity index (χ2n) is 11.0. The number of hydrogen-bond donors (Lipinski definition) is 3. The first-order chi connectivity index (χ1) is 21.7. The Bertz CT molecular complexity index is 1990. The fourth-order valence-electron chi connectivity index (χ4n) is 5.43. The number of hydrogen-bond acceptors (Lipinski definition) is 8. The largest absolute Gasteiger partial charge is 0.387 e. The van der Waals surface area contributed by atoms with E-state index in [4.69, 9.17) is 23.2 Å². The van der Waals surface area contributed by atoms with Gasteiger partial charge in [0.1, 0.15) is 24.2 Å². The second kappa shape index (κ2) is 12.3. The van der Waals surface area contributed by atoms with Crippen LogP contribution in [0.4, 0.5) is 21.5 Å². The van der Waals surface area contributed by atoms with Crippen LogP contribution in [0.1, 0.15) is 53.9 Å². The fraction of sp³-hybridized carbons (Fsp3) is 0.219. The number of rotatable bonds is 8. The van der Waals surface area contributed by atoms with Gasteiger partial charge in [-0.15, -0.1) is 5.10 Å². The summed E-state index contributed by atoms with van der Waals surface area (Å²) in [6, 6.07) is 15.3. The molecule has 0 radical (unpaired) electrons. The molecule has 6 rings (SSSR count). The number of anilines is 3. The number of aliphatic hydroxyl groups excluding tert-OH is 1. The molecule has 3 N–H and O–H groups in total. The molecule has 13 heteroatoms.